The van der Waals surface area contributed by atoms with Crippen molar-refractivity contribution in [2.75, 3.05) is 28.0 Å². The lowest BCUT2D eigenvalue weighted by molar-refractivity contribution is -0.119. The first-order chi connectivity index (χ1) is 15.7. The molecule has 0 fully saturated rings. The zero-order valence-electron chi connectivity index (χ0n) is 19.0. The van der Waals surface area contributed by atoms with Gasteiger partial charge in [-0.25, -0.2) is 13.4 Å². The standard InChI is InChI=1S/C22H28N6O3S2/c1-5-28(6-2)20-13-15(3)24-22(26-20)25-17-7-9-18(10-8-17)27-33(30,31)21-12-11-19(32-21)14-23-16(4)29/h7-13,27H,5-6,14H2,1-4H3,(H,23,29)(H,24,25,26). The third kappa shape index (κ3) is 6.65. The van der Waals surface area contributed by atoms with Crippen LogP contribution in [0.1, 0.15) is 31.3 Å². The Kier molecular flexibility index (Phi) is 7.88. The van der Waals surface area contributed by atoms with Crippen molar-refractivity contribution in [2.45, 2.75) is 38.4 Å². The van der Waals surface area contributed by atoms with E-state index < -0.39 is 10.0 Å². The summed E-state index contributed by atoms with van der Waals surface area (Å²) in [4.78, 5) is 23.0. The van der Waals surface area contributed by atoms with Crippen LogP contribution in [0.3, 0.4) is 0 Å². The van der Waals surface area contributed by atoms with Crippen LogP contribution in [-0.4, -0.2) is 37.4 Å². The number of aromatic nitrogens is 2. The minimum absolute atomic E-state index is 0.167. The van der Waals surface area contributed by atoms with Gasteiger partial charge in [-0.2, -0.15) is 4.98 Å². The predicted octanol–water partition coefficient (Wildman–Crippen LogP) is 3.87. The molecular weight excluding hydrogens is 460 g/mol. The Morgan fingerprint density at radius 3 is 2.33 bits per heavy atom. The lowest BCUT2D eigenvalue weighted by atomic mass is 10.3. The maximum absolute atomic E-state index is 12.7. The molecule has 1 aromatic carbocycles. The fraction of sp³-hybridized carbons (Fsp3) is 0.318. The lowest BCUT2D eigenvalue weighted by Gasteiger charge is -2.20. The number of nitrogens with one attached hydrogen (secondary N) is 3. The Morgan fingerprint density at radius 2 is 1.70 bits per heavy atom. The van der Waals surface area contributed by atoms with Crippen LogP contribution in [0.2, 0.25) is 0 Å². The molecule has 0 spiro atoms. The minimum Gasteiger partial charge on any atom is -0.357 e. The molecule has 0 atom stereocenters. The molecule has 3 aromatic rings. The molecule has 0 saturated carbocycles. The molecule has 0 bridgehead atoms. The molecule has 0 radical (unpaired) electrons. The molecule has 0 aliphatic rings. The summed E-state index contributed by atoms with van der Waals surface area (Å²) in [5, 5.41) is 5.84. The largest absolute Gasteiger partial charge is 0.357 e. The molecular formula is C22H28N6O3S2. The highest BCUT2D eigenvalue weighted by Crippen LogP contribution is 2.25. The van der Waals surface area contributed by atoms with E-state index in [1.807, 2.05) is 13.0 Å². The van der Waals surface area contributed by atoms with Gasteiger partial charge in [-0.05, 0) is 57.2 Å². The molecule has 3 rings (SSSR count). The molecule has 2 aromatic heterocycles. The summed E-state index contributed by atoms with van der Waals surface area (Å²) in [6, 6.07) is 12.0. The summed E-state index contributed by atoms with van der Waals surface area (Å²) < 4.78 is 28.2. The van der Waals surface area contributed by atoms with E-state index >= 15 is 0 Å². The molecule has 0 aliphatic carbocycles. The fourth-order valence-electron chi connectivity index (χ4n) is 3.08. The number of amides is 1. The second kappa shape index (κ2) is 10.6. The van der Waals surface area contributed by atoms with Gasteiger partial charge in [-0.3, -0.25) is 9.52 Å². The maximum Gasteiger partial charge on any atom is 0.271 e. The Morgan fingerprint density at radius 1 is 1.03 bits per heavy atom. The number of anilines is 4. The van der Waals surface area contributed by atoms with Crippen LogP contribution in [0.15, 0.2) is 46.7 Å². The topological polar surface area (TPSA) is 116 Å². The van der Waals surface area contributed by atoms with E-state index in [1.165, 1.54) is 13.0 Å². The Hall–Kier alpha value is -3.18. The first-order valence-electron chi connectivity index (χ1n) is 10.5. The maximum atomic E-state index is 12.7. The molecule has 0 unspecified atom stereocenters. The van der Waals surface area contributed by atoms with E-state index in [2.05, 4.69) is 44.1 Å². The Labute approximate surface area is 198 Å². The summed E-state index contributed by atoms with van der Waals surface area (Å²) >= 11 is 1.12. The summed E-state index contributed by atoms with van der Waals surface area (Å²) in [6.07, 6.45) is 0. The SMILES string of the molecule is CCN(CC)c1cc(C)nc(Nc2ccc(NS(=O)(=O)c3ccc(CNC(C)=O)s3)cc2)n1. The van der Waals surface area contributed by atoms with Crippen LogP contribution in [0.25, 0.3) is 0 Å². The van der Waals surface area contributed by atoms with Gasteiger partial charge in [0.05, 0.1) is 6.54 Å². The highest BCUT2D eigenvalue weighted by Gasteiger charge is 2.17. The van der Waals surface area contributed by atoms with Crippen molar-refractivity contribution in [1.29, 1.82) is 0 Å². The number of carbonyl (C=O) groups is 1. The molecule has 3 N–H and O–H groups in total. The van der Waals surface area contributed by atoms with E-state index in [0.29, 0.717) is 18.2 Å². The van der Waals surface area contributed by atoms with Crippen LogP contribution in [-0.2, 0) is 21.4 Å². The zero-order chi connectivity index (χ0) is 24.0. The number of benzene rings is 1. The molecule has 11 heteroatoms. The van der Waals surface area contributed by atoms with Crippen molar-refractivity contribution in [3.8, 4) is 0 Å². The number of aryl methyl sites for hydroxylation is 1. The monoisotopic (exact) mass is 488 g/mol. The van der Waals surface area contributed by atoms with E-state index in [1.54, 1.807) is 30.3 Å². The Balaban J connectivity index is 1.69. The van der Waals surface area contributed by atoms with Crippen LogP contribution in [0, 0.1) is 6.92 Å². The summed E-state index contributed by atoms with van der Waals surface area (Å²) in [7, 11) is -3.72. The first-order valence-corrected chi connectivity index (χ1v) is 12.8. The van der Waals surface area contributed by atoms with Crippen LogP contribution >= 0.6 is 11.3 Å². The van der Waals surface area contributed by atoms with E-state index in [4.69, 9.17) is 0 Å². The van der Waals surface area contributed by atoms with Crippen molar-refractivity contribution in [3.63, 3.8) is 0 Å². The molecule has 33 heavy (non-hydrogen) atoms. The van der Waals surface area contributed by atoms with Crippen molar-refractivity contribution in [2.24, 2.45) is 0 Å². The number of hydrogen-bond donors (Lipinski definition) is 3. The van der Waals surface area contributed by atoms with Gasteiger partial charge in [0.15, 0.2) is 0 Å². The molecule has 0 aliphatic heterocycles. The molecule has 176 valence electrons. The molecule has 2 heterocycles. The highest BCUT2D eigenvalue weighted by atomic mass is 32.2. The second-order valence-electron chi connectivity index (χ2n) is 7.30. The van der Waals surface area contributed by atoms with E-state index in [9.17, 15) is 13.2 Å². The van der Waals surface area contributed by atoms with Crippen molar-refractivity contribution in [3.05, 3.63) is 53.0 Å². The minimum atomic E-state index is -3.72. The third-order valence-corrected chi connectivity index (χ3v) is 7.69. The van der Waals surface area contributed by atoms with Gasteiger partial charge < -0.3 is 15.5 Å². The van der Waals surface area contributed by atoms with Gasteiger partial charge in [-0.1, -0.05) is 0 Å². The van der Waals surface area contributed by atoms with E-state index in [0.717, 1.165) is 46.5 Å². The van der Waals surface area contributed by atoms with Gasteiger partial charge in [0.2, 0.25) is 11.9 Å². The normalized spacial score (nSPS) is 11.2. The zero-order valence-corrected chi connectivity index (χ0v) is 20.7. The van der Waals surface area contributed by atoms with Gasteiger partial charge in [0.25, 0.3) is 10.0 Å². The van der Waals surface area contributed by atoms with Gasteiger partial charge in [0, 0.05) is 48.0 Å². The van der Waals surface area contributed by atoms with Crippen LogP contribution < -0.4 is 20.3 Å². The van der Waals surface area contributed by atoms with Crippen molar-refractivity contribution >= 4 is 50.4 Å². The summed E-state index contributed by atoms with van der Waals surface area (Å²) in [5.41, 5.74) is 2.03. The summed E-state index contributed by atoms with van der Waals surface area (Å²) in [6.45, 7) is 9.49. The lowest BCUT2D eigenvalue weighted by Crippen LogP contribution is -2.23. The Bertz CT molecular complexity index is 1210. The van der Waals surface area contributed by atoms with Crippen LogP contribution in [0.4, 0.5) is 23.1 Å². The quantitative estimate of drug-likeness (QED) is 0.397. The number of thiophene rings is 1. The number of carbonyl (C=O) groups excluding carboxylic acids is 1. The highest BCUT2D eigenvalue weighted by molar-refractivity contribution is 7.94. The van der Waals surface area contributed by atoms with Gasteiger partial charge in [0.1, 0.15) is 10.0 Å². The molecule has 9 nitrogen and oxygen atoms in total. The fourth-order valence-corrected chi connectivity index (χ4v) is 5.44. The third-order valence-electron chi connectivity index (χ3n) is 4.73. The second-order valence-corrected chi connectivity index (χ2v) is 10.4. The first kappa shape index (κ1) is 24.5. The molecule has 0 saturated heterocycles. The van der Waals surface area contributed by atoms with Gasteiger partial charge >= 0.3 is 0 Å². The number of rotatable bonds is 10. The van der Waals surface area contributed by atoms with Gasteiger partial charge in [-0.15, -0.1) is 11.3 Å². The van der Waals surface area contributed by atoms with Crippen molar-refractivity contribution in [1.82, 2.24) is 15.3 Å². The number of sulfonamides is 1. The average molecular weight is 489 g/mol. The summed E-state index contributed by atoms with van der Waals surface area (Å²) in [5.74, 6) is 1.17. The van der Waals surface area contributed by atoms with E-state index in [-0.39, 0.29) is 10.1 Å². The number of hydrogen-bond acceptors (Lipinski definition) is 8. The predicted molar refractivity (Wildman–Crippen MR) is 133 cm³/mol. The van der Waals surface area contributed by atoms with Crippen LogP contribution in [0.5, 0.6) is 0 Å². The molecule has 1 amide bonds. The number of nitrogens with zero attached hydrogens (tertiary/aromatic N) is 3. The van der Waals surface area contributed by atoms with Crippen molar-refractivity contribution < 1.29 is 13.2 Å². The smallest absolute Gasteiger partial charge is 0.271 e. The average Bonchev–Trinajstić information content (AvgIpc) is 3.24.